The minimum absolute atomic E-state index is 1.21. The fourth-order valence-corrected chi connectivity index (χ4v) is 3.36. The number of hydrogen-bond acceptors (Lipinski definition) is 0. The molecule has 0 nitrogen and oxygen atoms in total. The van der Waals surface area contributed by atoms with E-state index < -0.39 is 0 Å². The zero-order chi connectivity index (χ0) is 19.3. The van der Waals surface area contributed by atoms with Crippen molar-refractivity contribution < 1.29 is 0 Å². The first-order chi connectivity index (χ1) is 13.7. The highest BCUT2D eigenvalue weighted by molar-refractivity contribution is 5.97. The Morgan fingerprint density at radius 3 is 1.71 bits per heavy atom. The highest BCUT2D eigenvalue weighted by atomic mass is 14.1. The molecule has 0 N–H and O–H groups in total. The summed E-state index contributed by atoms with van der Waals surface area (Å²) in [5, 5.41) is 2.54. The lowest BCUT2D eigenvalue weighted by Gasteiger charge is -2.08. The summed E-state index contributed by atoms with van der Waals surface area (Å²) in [6.45, 7) is 4.23. The van der Waals surface area contributed by atoms with Gasteiger partial charge in [0.25, 0.3) is 0 Å². The molecule has 4 aromatic carbocycles. The van der Waals surface area contributed by atoms with Crippen molar-refractivity contribution in [3.05, 3.63) is 118 Å². The van der Waals surface area contributed by atoms with E-state index in [2.05, 4.69) is 123 Å². The van der Waals surface area contributed by atoms with Crippen molar-refractivity contribution in [2.75, 3.05) is 0 Å². The number of hydrogen-bond donors (Lipinski definition) is 0. The molecule has 28 heavy (non-hydrogen) atoms. The third kappa shape index (κ3) is 4.13. The molecule has 0 unspecified atom stereocenters. The maximum Gasteiger partial charge on any atom is -0.0105 e. The number of fused-ring (bicyclic) bond motifs is 1. The molecule has 4 aromatic rings. The summed E-state index contributed by atoms with van der Waals surface area (Å²) in [6.07, 6.45) is 8.84. The molecule has 0 saturated carbocycles. The summed E-state index contributed by atoms with van der Waals surface area (Å²) in [5.41, 5.74) is 7.47. The first kappa shape index (κ1) is 18.0. The summed E-state index contributed by atoms with van der Waals surface area (Å²) < 4.78 is 0. The smallest absolute Gasteiger partial charge is 0.0105 e. The van der Waals surface area contributed by atoms with Crippen molar-refractivity contribution in [3.63, 3.8) is 0 Å². The van der Waals surface area contributed by atoms with Gasteiger partial charge in [-0.15, -0.1) is 0 Å². The number of benzene rings is 4. The van der Waals surface area contributed by atoms with Crippen LogP contribution in [0, 0.1) is 13.8 Å². The average Bonchev–Trinajstić information content (AvgIpc) is 2.73. The third-order valence-corrected chi connectivity index (χ3v) is 5.06. The van der Waals surface area contributed by atoms with Crippen LogP contribution in [0.25, 0.3) is 35.1 Å². The molecule has 0 aliphatic rings. The molecule has 0 fully saturated rings. The minimum Gasteiger partial charge on any atom is -0.0616 e. The molecule has 0 saturated heterocycles. The van der Waals surface area contributed by atoms with E-state index in [1.165, 1.54) is 44.2 Å². The third-order valence-electron chi connectivity index (χ3n) is 5.06. The molecule has 0 radical (unpaired) electrons. The van der Waals surface area contributed by atoms with Crippen LogP contribution in [0.1, 0.15) is 33.4 Å². The van der Waals surface area contributed by atoms with Gasteiger partial charge in [0.05, 0.1) is 0 Å². The van der Waals surface area contributed by atoms with Crippen LogP contribution in [0.4, 0.5) is 0 Å². The van der Waals surface area contributed by atoms with Crippen molar-refractivity contribution >= 4 is 35.1 Å². The molecule has 0 aliphatic heterocycles. The molecule has 136 valence electrons. The minimum atomic E-state index is 1.21. The van der Waals surface area contributed by atoms with Gasteiger partial charge in [0, 0.05) is 0 Å². The van der Waals surface area contributed by atoms with Crippen LogP contribution in [-0.2, 0) is 0 Å². The van der Waals surface area contributed by atoms with Crippen LogP contribution in [-0.4, -0.2) is 0 Å². The second-order valence-electron chi connectivity index (χ2n) is 7.28. The van der Waals surface area contributed by atoms with Gasteiger partial charge in [0.1, 0.15) is 0 Å². The van der Waals surface area contributed by atoms with Gasteiger partial charge in [-0.05, 0) is 46.9 Å². The molecule has 0 heterocycles. The van der Waals surface area contributed by atoms with Crippen molar-refractivity contribution in [2.24, 2.45) is 0 Å². The van der Waals surface area contributed by atoms with Crippen molar-refractivity contribution in [3.8, 4) is 0 Å². The van der Waals surface area contributed by atoms with E-state index in [0.717, 1.165) is 0 Å². The van der Waals surface area contributed by atoms with Gasteiger partial charge in [-0.3, -0.25) is 0 Å². The van der Waals surface area contributed by atoms with Gasteiger partial charge in [-0.2, -0.15) is 0 Å². The first-order valence-electron chi connectivity index (χ1n) is 9.70. The molecule has 0 atom stereocenters. The lowest BCUT2D eigenvalue weighted by molar-refractivity contribution is 1.46. The van der Waals surface area contributed by atoms with E-state index >= 15 is 0 Å². The fraction of sp³-hybridized carbons (Fsp3) is 0.0714. The molecule has 0 aromatic heterocycles. The molecular weight excluding hydrogens is 336 g/mol. The Bertz CT molecular complexity index is 1140. The Kier molecular flexibility index (Phi) is 5.21. The fourth-order valence-electron chi connectivity index (χ4n) is 3.36. The topological polar surface area (TPSA) is 0 Å². The standard InChI is InChI=1S/C28H24/c1-21-7-11-23(12-8-21)15-17-26-19-18-25-5-3-4-6-27(25)28(26)20-16-24-13-9-22(2)10-14-24/h3-20H,1-2H3. The normalized spacial score (nSPS) is 11.6. The van der Waals surface area contributed by atoms with Crippen LogP contribution >= 0.6 is 0 Å². The quantitative estimate of drug-likeness (QED) is 0.326. The van der Waals surface area contributed by atoms with Crippen LogP contribution in [0.3, 0.4) is 0 Å². The summed E-state index contributed by atoms with van der Waals surface area (Å²) in [4.78, 5) is 0. The van der Waals surface area contributed by atoms with E-state index in [9.17, 15) is 0 Å². The van der Waals surface area contributed by atoms with E-state index in [0.29, 0.717) is 0 Å². The van der Waals surface area contributed by atoms with Gasteiger partial charge in [-0.1, -0.05) is 120 Å². The van der Waals surface area contributed by atoms with Crippen molar-refractivity contribution in [1.29, 1.82) is 0 Å². The molecule has 4 rings (SSSR count). The molecule has 0 amide bonds. The van der Waals surface area contributed by atoms with Gasteiger partial charge in [0.15, 0.2) is 0 Å². The van der Waals surface area contributed by atoms with E-state index in [1.807, 2.05) is 0 Å². The van der Waals surface area contributed by atoms with E-state index in [1.54, 1.807) is 0 Å². The van der Waals surface area contributed by atoms with Crippen LogP contribution in [0.5, 0.6) is 0 Å². The lowest BCUT2D eigenvalue weighted by Crippen LogP contribution is -1.85. The summed E-state index contributed by atoms with van der Waals surface area (Å²) in [6, 6.07) is 30.3. The van der Waals surface area contributed by atoms with Crippen LogP contribution in [0.2, 0.25) is 0 Å². The van der Waals surface area contributed by atoms with E-state index in [4.69, 9.17) is 0 Å². The Labute approximate surface area is 167 Å². The van der Waals surface area contributed by atoms with Gasteiger partial charge in [-0.25, -0.2) is 0 Å². The van der Waals surface area contributed by atoms with Crippen LogP contribution in [0.15, 0.2) is 84.9 Å². The highest BCUT2D eigenvalue weighted by Crippen LogP contribution is 2.26. The van der Waals surface area contributed by atoms with Crippen molar-refractivity contribution in [2.45, 2.75) is 13.8 Å². The summed E-state index contributed by atoms with van der Waals surface area (Å²) in [5.74, 6) is 0. The largest absolute Gasteiger partial charge is 0.0616 e. The van der Waals surface area contributed by atoms with Crippen molar-refractivity contribution in [1.82, 2.24) is 0 Å². The predicted octanol–water partition coefficient (Wildman–Crippen LogP) is 7.80. The molecule has 0 heteroatoms. The zero-order valence-electron chi connectivity index (χ0n) is 16.4. The van der Waals surface area contributed by atoms with Gasteiger partial charge in [0.2, 0.25) is 0 Å². The van der Waals surface area contributed by atoms with Crippen LogP contribution < -0.4 is 0 Å². The molecule has 0 bridgehead atoms. The SMILES string of the molecule is Cc1ccc(C=Cc2ccc3ccccc3c2C=Cc2ccc(C)cc2)cc1. The Balaban J connectivity index is 1.76. The van der Waals surface area contributed by atoms with Gasteiger partial charge >= 0.3 is 0 Å². The maximum atomic E-state index is 2.24. The highest BCUT2D eigenvalue weighted by Gasteiger charge is 2.03. The number of aryl methyl sites for hydroxylation is 2. The maximum absolute atomic E-state index is 2.24. The second-order valence-corrected chi connectivity index (χ2v) is 7.28. The Hall–Kier alpha value is -3.38. The summed E-state index contributed by atoms with van der Waals surface area (Å²) >= 11 is 0. The monoisotopic (exact) mass is 360 g/mol. The number of rotatable bonds is 4. The predicted molar refractivity (Wildman–Crippen MR) is 124 cm³/mol. The Morgan fingerprint density at radius 1 is 0.500 bits per heavy atom. The Morgan fingerprint density at radius 2 is 1.07 bits per heavy atom. The average molecular weight is 361 g/mol. The second kappa shape index (κ2) is 8.10. The molecule has 0 aliphatic carbocycles. The lowest BCUT2D eigenvalue weighted by atomic mass is 9.97. The van der Waals surface area contributed by atoms with Gasteiger partial charge < -0.3 is 0 Å². The zero-order valence-corrected chi connectivity index (χ0v) is 16.4. The molecular formula is C28H24. The summed E-state index contributed by atoms with van der Waals surface area (Å²) in [7, 11) is 0. The van der Waals surface area contributed by atoms with E-state index in [-0.39, 0.29) is 0 Å². The molecule has 0 spiro atoms. The first-order valence-corrected chi connectivity index (χ1v) is 9.70.